The molecule has 0 aliphatic carbocycles. The molecule has 0 bridgehead atoms. The van der Waals surface area contributed by atoms with Crippen LogP contribution in [0.25, 0.3) is 0 Å². The molecule has 0 saturated carbocycles. The zero-order valence-electron chi connectivity index (χ0n) is 13.4. The van der Waals surface area contributed by atoms with Gasteiger partial charge in [-0.25, -0.2) is 14.8 Å². The van der Waals surface area contributed by atoms with Gasteiger partial charge in [0.2, 0.25) is 5.91 Å². The highest BCUT2D eigenvalue weighted by atomic mass is 16.2. The minimum absolute atomic E-state index is 0.0764. The van der Waals surface area contributed by atoms with Crippen molar-refractivity contribution in [2.45, 2.75) is 32.2 Å². The number of rotatable bonds is 3. The van der Waals surface area contributed by atoms with Crippen molar-refractivity contribution >= 4 is 5.91 Å². The topological polar surface area (TPSA) is 101 Å². The van der Waals surface area contributed by atoms with Gasteiger partial charge in [-0.05, 0) is 25.8 Å². The standard InChI is InChI=1S/C16H19N5O3/c1-11-7-21(16(24)19-15(11)23)9-14(22)20-6-2-3-12(8-20)13-4-5-17-10-18-13/h4-5,7,10,12H,2-3,6,8-9H2,1H3,(H,19,23,24)/t12-/m0/s1. The number of nitrogens with one attached hydrogen (secondary N) is 1. The monoisotopic (exact) mass is 329 g/mol. The fraction of sp³-hybridized carbons (Fsp3) is 0.438. The van der Waals surface area contributed by atoms with Crippen molar-refractivity contribution in [2.24, 2.45) is 0 Å². The minimum Gasteiger partial charge on any atom is -0.340 e. The lowest BCUT2D eigenvalue weighted by Crippen LogP contribution is -2.43. The third-order valence-electron chi connectivity index (χ3n) is 4.29. The SMILES string of the molecule is Cc1cn(CC(=O)N2CCC[C@H](c3ccncn3)C2)c(=O)[nH]c1=O. The van der Waals surface area contributed by atoms with Gasteiger partial charge in [-0.3, -0.25) is 19.1 Å². The second-order valence-electron chi connectivity index (χ2n) is 6.01. The van der Waals surface area contributed by atoms with Gasteiger partial charge in [0.15, 0.2) is 0 Å². The van der Waals surface area contributed by atoms with Crippen molar-refractivity contribution in [3.8, 4) is 0 Å². The van der Waals surface area contributed by atoms with Crippen LogP contribution < -0.4 is 11.2 Å². The number of H-pyrrole nitrogens is 1. The van der Waals surface area contributed by atoms with E-state index in [-0.39, 0.29) is 18.4 Å². The van der Waals surface area contributed by atoms with E-state index in [1.165, 1.54) is 17.1 Å². The number of aryl methyl sites for hydroxylation is 1. The molecular weight excluding hydrogens is 310 g/mol. The van der Waals surface area contributed by atoms with Crippen molar-refractivity contribution in [3.63, 3.8) is 0 Å². The fourth-order valence-corrected chi connectivity index (χ4v) is 2.97. The van der Waals surface area contributed by atoms with E-state index in [9.17, 15) is 14.4 Å². The zero-order valence-corrected chi connectivity index (χ0v) is 13.4. The summed E-state index contributed by atoms with van der Waals surface area (Å²) in [7, 11) is 0. The number of carbonyl (C=O) groups is 1. The number of aromatic nitrogens is 4. The number of hydrogen-bond donors (Lipinski definition) is 1. The van der Waals surface area contributed by atoms with E-state index in [0.717, 1.165) is 18.5 Å². The van der Waals surface area contributed by atoms with Crippen LogP contribution in [0.2, 0.25) is 0 Å². The Morgan fingerprint density at radius 1 is 1.42 bits per heavy atom. The lowest BCUT2D eigenvalue weighted by molar-refractivity contribution is -0.133. The molecule has 8 nitrogen and oxygen atoms in total. The lowest BCUT2D eigenvalue weighted by Gasteiger charge is -2.32. The number of nitrogens with zero attached hydrogens (tertiary/aromatic N) is 4. The van der Waals surface area contributed by atoms with Crippen LogP contribution in [0.5, 0.6) is 0 Å². The number of hydrogen-bond acceptors (Lipinski definition) is 5. The Kier molecular flexibility index (Phi) is 4.54. The van der Waals surface area contributed by atoms with Crippen LogP contribution in [0.1, 0.15) is 30.0 Å². The molecule has 1 aliphatic heterocycles. The Morgan fingerprint density at radius 2 is 2.25 bits per heavy atom. The van der Waals surface area contributed by atoms with Crippen molar-refractivity contribution in [3.05, 3.63) is 56.9 Å². The van der Waals surface area contributed by atoms with Gasteiger partial charge in [-0.2, -0.15) is 0 Å². The van der Waals surface area contributed by atoms with Gasteiger partial charge in [0.25, 0.3) is 5.56 Å². The molecule has 8 heteroatoms. The van der Waals surface area contributed by atoms with Gasteiger partial charge < -0.3 is 4.90 Å². The van der Waals surface area contributed by atoms with Crippen LogP contribution >= 0.6 is 0 Å². The first-order valence-electron chi connectivity index (χ1n) is 7.88. The van der Waals surface area contributed by atoms with E-state index >= 15 is 0 Å². The molecule has 1 atom stereocenters. The minimum atomic E-state index is -0.566. The molecule has 1 saturated heterocycles. The third kappa shape index (κ3) is 3.42. The van der Waals surface area contributed by atoms with E-state index in [4.69, 9.17) is 0 Å². The summed E-state index contributed by atoms with van der Waals surface area (Å²) in [6.45, 7) is 2.77. The maximum absolute atomic E-state index is 12.5. The van der Waals surface area contributed by atoms with Crippen LogP contribution in [0.15, 0.2) is 34.4 Å². The zero-order chi connectivity index (χ0) is 17.1. The summed E-state index contributed by atoms with van der Waals surface area (Å²) < 4.78 is 1.24. The average molecular weight is 329 g/mol. The molecule has 0 unspecified atom stereocenters. The van der Waals surface area contributed by atoms with E-state index in [2.05, 4.69) is 15.0 Å². The molecule has 126 valence electrons. The van der Waals surface area contributed by atoms with Crippen LogP contribution in [0, 0.1) is 6.92 Å². The summed E-state index contributed by atoms with van der Waals surface area (Å²) in [4.78, 5) is 47.9. The van der Waals surface area contributed by atoms with Crippen LogP contribution in [-0.4, -0.2) is 43.4 Å². The normalized spacial score (nSPS) is 17.7. The maximum atomic E-state index is 12.5. The van der Waals surface area contributed by atoms with Gasteiger partial charge in [0.05, 0.1) is 0 Å². The van der Waals surface area contributed by atoms with Gasteiger partial charge >= 0.3 is 5.69 Å². The third-order valence-corrected chi connectivity index (χ3v) is 4.29. The first-order valence-corrected chi connectivity index (χ1v) is 7.88. The summed E-state index contributed by atoms with van der Waals surface area (Å²) in [5, 5.41) is 0. The highest BCUT2D eigenvalue weighted by molar-refractivity contribution is 5.76. The molecule has 1 amide bonds. The molecule has 0 spiro atoms. The number of amides is 1. The van der Waals surface area contributed by atoms with E-state index < -0.39 is 11.2 Å². The maximum Gasteiger partial charge on any atom is 0.328 e. The predicted molar refractivity (Wildman–Crippen MR) is 86.6 cm³/mol. The van der Waals surface area contributed by atoms with Crippen molar-refractivity contribution in [1.82, 2.24) is 24.4 Å². The fourth-order valence-electron chi connectivity index (χ4n) is 2.97. The number of likely N-dealkylation sites (tertiary alicyclic amines) is 1. The second kappa shape index (κ2) is 6.77. The highest BCUT2D eigenvalue weighted by Gasteiger charge is 2.25. The summed E-state index contributed by atoms with van der Waals surface area (Å²) in [5.74, 6) is 0.0436. The predicted octanol–water partition coefficient (Wildman–Crippen LogP) is 0.0412. The van der Waals surface area contributed by atoms with Gasteiger partial charge in [-0.15, -0.1) is 0 Å². The van der Waals surface area contributed by atoms with Crippen molar-refractivity contribution < 1.29 is 4.79 Å². The van der Waals surface area contributed by atoms with Crippen molar-refractivity contribution in [2.75, 3.05) is 13.1 Å². The highest BCUT2D eigenvalue weighted by Crippen LogP contribution is 2.25. The lowest BCUT2D eigenvalue weighted by atomic mass is 9.94. The Labute approximate surface area is 138 Å². The number of aromatic amines is 1. The summed E-state index contributed by atoms with van der Waals surface area (Å²) in [6, 6.07) is 1.87. The molecule has 1 fully saturated rings. The van der Waals surface area contributed by atoms with Crippen LogP contribution in [0.4, 0.5) is 0 Å². The second-order valence-corrected chi connectivity index (χ2v) is 6.01. The molecule has 2 aromatic rings. The van der Waals surface area contributed by atoms with E-state index in [1.54, 1.807) is 18.0 Å². The van der Waals surface area contributed by atoms with Gasteiger partial charge in [-0.1, -0.05) is 0 Å². The molecule has 1 aliphatic rings. The first kappa shape index (κ1) is 16.1. The summed E-state index contributed by atoms with van der Waals surface area (Å²) >= 11 is 0. The van der Waals surface area contributed by atoms with E-state index in [0.29, 0.717) is 18.7 Å². The quantitative estimate of drug-likeness (QED) is 0.857. The van der Waals surface area contributed by atoms with Gasteiger partial charge in [0, 0.05) is 42.7 Å². The number of carbonyl (C=O) groups excluding carboxylic acids is 1. The van der Waals surface area contributed by atoms with E-state index in [1.807, 2.05) is 6.07 Å². The molecule has 0 radical (unpaired) electrons. The molecule has 3 rings (SSSR count). The molecule has 2 aromatic heterocycles. The van der Waals surface area contributed by atoms with Crippen LogP contribution in [-0.2, 0) is 11.3 Å². The Bertz CT molecular complexity index is 843. The van der Waals surface area contributed by atoms with Crippen LogP contribution in [0.3, 0.4) is 0 Å². The Morgan fingerprint density at radius 3 is 3.00 bits per heavy atom. The Hall–Kier alpha value is -2.77. The smallest absolute Gasteiger partial charge is 0.328 e. The first-order chi connectivity index (χ1) is 11.5. The molecule has 3 heterocycles. The summed E-state index contributed by atoms with van der Waals surface area (Å²) in [5.41, 5.74) is 0.341. The van der Waals surface area contributed by atoms with Crippen molar-refractivity contribution in [1.29, 1.82) is 0 Å². The van der Waals surface area contributed by atoms with Gasteiger partial charge in [0.1, 0.15) is 12.9 Å². The molecule has 24 heavy (non-hydrogen) atoms. The average Bonchev–Trinajstić information content (AvgIpc) is 2.60. The molecule has 0 aromatic carbocycles. The summed E-state index contributed by atoms with van der Waals surface area (Å²) in [6.07, 6.45) is 6.49. The molecular formula is C16H19N5O3. The molecule has 1 N–H and O–H groups in total. The Balaban J connectivity index is 1.72. The number of piperidine rings is 1. The largest absolute Gasteiger partial charge is 0.340 e.